The SMILES string of the molecule is NC(=O)Nc1csc(-c2ccc(OC3OC(CO)C(O)C(O)C3O)c(Cl)c2)c1. The van der Waals surface area contributed by atoms with Crippen molar-refractivity contribution in [2.75, 3.05) is 11.9 Å². The van der Waals surface area contributed by atoms with Crippen LogP contribution in [0.25, 0.3) is 10.4 Å². The molecule has 2 heterocycles. The summed E-state index contributed by atoms with van der Waals surface area (Å²) in [7, 11) is 0. The molecule has 11 heteroatoms. The number of rotatable bonds is 5. The third-order valence-electron chi connectivity index (χ3n) is 4.17. The van der Waals surface area contributed by atoms with E-state index in [4.69, 9.17) is 26.8 Å². The van der Waals surface area contributed by atoms with E-state index in [9.17, 15) is 25.2 Å². The quantitative estimate of drug-likeness (QED) is 0.408. The van der Waals surface area contributed by atoms with Crippen LogP contribution < -0.4 is 15.8 Å². The van der Waals surface area contributed by atoms with Gasteiger partial charge in [0, 0.05) is 10.3 Å². The largest absolute Gasteiger partial charge is 0.460 e. The molecule has 1 aromatic carbocycles. The van der Waals surface area contributed by atoms with E-state index in [1.807, 2.05) is 0 Å². The number of carbonyl (C=O) groups excluding carboxylic acids is 1. The molecule has 1 fully saturated rings. The number of urea groups is 1. The minimum absolute atomic E-state index is 0.182. The van der Waals surface area contributed by atoms with E-state index in [0.717, 1.165) is 10.4 Å². The van der Waals surface area contributed by atoms with Crippen LogP contribution in [0.15, 0.2) is 29.6 Å². The lowest BCUT2D eigenvalue weighted by Gasteiger charge is -2.39. The smallest absolute Gasteiger partial charge is 0.316 e. The summed E-state index contributed by atoms with van der Waals surface area (Å²) in [5.41, 5.74) is 6.41. The molecule has 1 aliphatic heterocycles. The van der Waals surface area contributed by atoms with Gasteiger partial charge in [0.05, 0.1) is 17.3 Å². The van der Waals surface area contributed by atoms with Gasteiger partial charge in [-0.3, -0.25) is 0 Å². The van der Waals surface area contributed by atoms with Crippen LogP contribution in [0.2, 0.25) is 5.02 Å². The van der Waals surface area contributed by atoms with E-state index >= 15 is 0 Å². The lowest BCUT2D eigenvalue weighted by Crippen LogP contribution is -2.60. The summed E-state index contributed by atoms with van der Waals surface area (Å²) in [5.74, 6) is 0.182. The van der Waals surface area contributed by atoms with Crippen molar-refractivity contribution < 1.29 is 34.7 Å². The van der Waals surface area contributed by atoms with Crippen molar-refractivity contribution in [3.8, 4) is 16.2 Å². The number of anilines is 1. The van der Waals surface area contributed by atoms with E-state index in [1.54, 1.807) is 29.6 Å². The zero-order valence-corrected chi connectivity index (χ0v) is 15.9. The maximum absolute atomic E-state index is 10.9. The van der Waals surface area contributed by atoms with Gasteiger partial charge in [-0.2, -0.15) is 0 Å². The molecule has 1 aromatic heterocycles. The second kappa shape index (κ2) is 8.62. The maximum atomic E-state index is 10.9. The van der Waals surface area contributed by atoms with Crippen LogP contribution in [-0.4, -0.2) is 63.8 Å². The molecule has 9 nitrogen and oxygen atoms in total. The van der Waals surface area contributed by atoms with E-state index in [-0.39, 0.29) is 10.8 Å². The Bertz CT molecular complexity index is 847. The Hall–Kier alpha value is -1.92. The maximum Gasteiger partial charge on any atom is 0.316 e. The second-order valence-electron chi connectivity index (χ2n) is 6.15. The zero-order chi connectivity index (χ0) is 20.4. The molecule has 0 spiro atoms. The van der Waals surface area contributed by atoms with Gasteiger partial charge in [0.25, 0.3) is 0 Å². The monoisotopic (exact) mass is 430 g/mol. The van der Waals surface area contributed by atoms with Gasteiger partial charge in [0.2, 0.25) is 6.29 Å². The van der Waals surface area contributed by atoms with Crippen LogP contribution in [0.4, 0.5) is 10.5 Å². The topological polar surface area (TPSA) is 154 Å². The van der Waals surface area contributed by atoms with Crippen molar-refractivity contribution in [1.29, 1.82) is 0 Å². The van der Waals surface area contributed by atoms with Crippen molar-refractivity contribution in [2.24, 2.45) is 5.73 Å². The molecule has 0 aliphatic carbocycles. The Morgan fingerprint density at radius 3 is 2.64 bits per heavy atom. The van der Waals surface area contributed by atoms with Crippen LogP contribution in [0.1, 0.15) is 0 Å². The number of amides is 2. The molecule has 0 radical (unpaired) electrons. The summed E-state index contributed by atoms with van der Waals surface area (Å²) in [6.45, 7) is -0.558. The lowest BCUT2D eigenvalue weighted by molar-refractivity contribution is -0.277. The van der Waals surface area contributed by atoms with Crippen molar-refractivity contribution in [3.63, 3.8) is 0 Å². The third-order valence-corrected chi connectivity index (χ3v) is 5.45. The predicted molar refractivity (Wildman–Crippen MR) is 102 cm³/mol. The molecule has 0 saturated carbocycles. The Morgan fingerprint density at radius 1 is 1.25 bits per heavy atom. The van der Waals surface area contributed by atoms with Crippen molar-refractivity contribution in [1.82, 2.24) is 0 Å². The van der Waals surface area contributed by atoms with E-state index < -0.39 is 43.3 Å². The number of nitrogens with one attached hydrogen (secondary N) is 1. The van der Waals surface area contributed by atoms with Gasteiger partial charge in [0.15, 0.2) is 0 Å². The molecule has 5 atom stereocenters. The highest BCUT2D eigenvalue weighted by atomic mass is 35.5. The van der Waals surface area contributed by atoms with Gasteiger partial charge in [-0.15, -0.1) is 11.3 Å². The number of carbonyl (C=O) groups is 1. The van der Waals surface area contributed by atoms with Crippen LogP contribution in [0, 0.1) is 0 Å². The Balaban J connectivity index is 1.75. The molecule has 152 valence electrons. The summed E-state index contributed by atoms with van der Waals surface area (Å²) in [6.07, 6.45) is -6.96. The highest BCUT2D eigenvalue weighted by molar-refractivity contribution is 7.14. The number of aliphatic hydroxyl groups excluding tert-OH is 4. The van der Waals surface area contributed by atoms with E-state index in [1.165, 1.54) is 11.3 Å². The van der Waals surface area contributed by atoms with Crippen molar-refractivity contribution >= 4 is 34.7 Å². The molecule has 3 rings (SSSR count). The lowest BCUT2D eigenvalue weighted by atomic mass is 9.99. The van der Waals surface area contributed by atoms with E-state index in [2.05, 4.69) is 5.32 Å². The molecule has 2 aromatic rings. The molecular weight excluding hydrogens is 412 g/mol. The van der Waals surface area contributed by atoms with Crippen molar-refractivity contribution in [3.05, 3.63) is 34.7 Å². The first-order valence-electron chi connectivity index (χ1n) is 8.22. The third kappa shape index (κ3) is 4.39. The molecule has 5 unspecified atom stereocenters. The fraction of sp³-hybridized carbons (Fsp3) is 0.353. The van der Waals surface area contributed by atoms with Gasteiger partial charge in [-0.25, -0.2) is 4.79 Å². The minimum atomic E-state index is -1.55. The normalized spacial score (nSPS) is 27.4. The number of aliphatic hydroxyl groups is 4. The molecule has 1 saturated heterocycles. The Kier molecular flexibility index (Phi) is 6.40. The number of hydrogen-bond donors (Lipinski definition) is 6. The zero-order valence-electron chi connectivity index (χ0n) is 14.4. The predicted octanol–water partition coefficient (Wildman–Crippen LogP) is 0.738. The van der Waals surface area contributed by atoms with Gasteiger partial charge >= 0.3 is 6.03 Å². The van der Waals surface area contributed by atoms with Gasteiger partial charge in [0.1, 0.15) is 30.2 Å². The molecule has 28 heavy (non-hydrogen) atoms. The number of primary amides is 1. The number of ether oxygens (including phenoxy) is 2. The number of hydrogen-bond acceptors (Lipinski definition) is 8. The highest BCUT2D eigenvalue weighted by Gasteiger charge is 2.44. The average Bonchev–Trinajstić information content (AvgIpc) is 3.11. The molecule has 1 aliphatic rings. The standard InChI is InChI=1S/C17H19ClN2O7S/c18-9-3-7(12-4-8(6-28-12)20-17(19)25)1-2-10(9)26-16-15(24)14(23)13(22)11(5-21)27-16/h1-4,6,11,13-16,21-24H,5H2,(H3,19,20,25). The van der Waals surface area contributed by atoms with E-state index in [0.29, 0.717) is 5.69 Å². The summed E-state index contributed by atoms with van der Waals surface area (Å²) in [4.78, 5) is 11.7. The van der Waals surface area contributed by atoms with Crippen molar-refractivity contribution in [2.45, 2.75) is 30.7 Å². The number of halogens is 1. The van der Waals surface area contributed by atoms with Crippen LogP contribution in [-0.2, 0) is 4.74 Å². The average molecular weight is 431 g/mol. The number of nitrogens with two attached hydrogens (primary N) is 1. The first-order valence-corrected chi connectivity index (χ1v) is 9.48. The fourth-order valence-electron chi connectivity index (χ4n) is 2.73. The first-order chi connectivity index (χ1) is 13.3. The minimum Gasteiger partial charge on any atom is -0.460 e. The molecular formula is C17H19ClN2O7S. The summed E-state index contributed by atoms with van der Waals surface area (Å²) in [6, 6.07) is 5.97. The van der Waals surface area contributed by atoms with Gasteiger partial charge < -0.3 is 41.0 Å². The number of thiophene rings is 1. The summed E-state index contributed by atoms with van der Waals surface area (Å²) < 4.78 is 10.8. The van der Waals surface area contributed by atoms with Gasteiger partial charge in [-0.05, 0) is 29.8 Å². The summed E-state index contributed by atoms with van der Waals surface area (Å²) in [5, 5.41) is 43.3. The molecule has 7 N–H and O–H groups in total. The second-order valence-corrected chi connectivity index (χ2v) is 7.47. The highest BCUT2D eigenvalue weighted by Crippen LogP contribution is 2.36. The Labute approximate surface area is 168 Å². The van der Waals surface area contributed by atoms with Crippen LogP contribution >= 0.6 is 22.9 Å². The molecule has 0 bridgehead atoms. The molecule has 2 amide bonds. The first kappa shape index (κ1) is 20.8. The fourth-order valence-corrected chi connectivity index (χ4v) is 3.80. The summed E-state index contributed by atoms with van der Waals surface area (Å²) >= 11 is 7.64. The Morgan fingerprint density at radius 2 is 2.00 bits per heavy atom. The van der Waals surface area contributed by atoms with Crippen LogP contribution in [0.5, 0.6) is 5.75 Å². The number of benzene rings is 1. The van der Waals surface area contributed by atoms with Gasteiger partial charge in [-0.1, -0.05) is 11.6 Å². The van der Waals surface area contributed by atoms with Crippen LogP contribution in [0.3, 0.4) is 0 Å².